The van der Waals surface area contributed by atoms with E-state index in [9.17, 15) is 19.1 Å². The Balaban J connectivity index is -0.000000350. The second-order valence-corrected chi connectivity index (χ2v) is 8.82. The summed E-state index contributed by atoms with van der Waals surface area (Å²) in [6.45, 7) is 6.20. The highest BCUT2D eigenvalue weighted by molar-refractivity contribution is 7.43. The first-order valence-electron chi connectivity index (χ1n) is 8.27. The molecule has 0 atom stereocenters. The van der Waals surface area contributed by atoms with Gasteiger partial charge in [-0.2, -0.15) is 0 Å². The van der Waals surface area contributed by atoms with Crippen molar-refractivity contribution in [1.29, 1.82) is 0 Å². The highest BCUT2D eigenvalue weighted by Crippen LogP contribution is 2.23. The summed E-state index contributed by atoms with van der Waals surface area (Å²) in [4.78, 5) is 30.5. The Morgan fingerprint density at radius 3 is 1.52 bits per heavy atom. The van der Waals surface area contributed by atoms with Crippen LogP contribution in [0.1, 0.15) is 6.92 Å². The summed E-state index contributed by atoms with van der Waals surface area (Å²) in [5.41, 5.74) is 0.187. The van der Waals surface area contributed by atoms with Crippen molar-refractivity contribution in [2.75, 3.05) is 81.8 Å². The van der Waals surface area contributed by atoms with E-state index in [1.165, 1.54) is 6.92 Å². The average Bonchev–Trinajstić information content (AvgIpc) is 2.41. The molecule has 11 heteroatoms. The molecule has 0 aromatic rings. The molecule has 0 aromatic heterocycles. The minimum Gasteiger partial charge on any atom is -0.790 e. The molecule has 0 aliphatic carbocycles. The van der Waals surface area contributed by atoms with Gasteiger partial charge in [-0.05, 0) is 6.92 Å². The van der Waals surface area contributed by atoms with E-state index in [1.54, 1.807) is 0 Å². The molecule has 0 unspecified atom stereocenters. The van der Waals surface area contributed by atoms with Crippen molar-refractivity contribution in [2.24, 2.45) is 0 Å². The van der Waals surface area contributed by atoms with Gasteiger partial charge in [-0.1, -0.05) is 6.58 Å². The number of hydrogen-bond acceptors (Lipinski definition) is 8. The number of quaternary nitrogens is 2. The van der Waals surface area contributed by atoms with Gasteiger partial charge in [-0.25, -0.2) is 4.79 Å². The van der Waals surface area contributed by atoms with Gasteiger partial charge < -0.3 is 42.8 Å². The van der Waals surface area contributed by atoms with E-state index in [0.717, 1.165) is 22.1 Å². The van der Waals surface area contributed by atoms with E-state index in [1.807, 2.05) is 0 Å². The first kappa shape index (κ1) is 30.9. The van der Waals surface area contributed by atoms with Gasteiger partial charge in [0.05, 0.1) is 69.9 Å². The van der Waals surface area contributed by atoms with E-state index in [4.69, 9.17) is 10.2 Å². The number of carbonyl (C=O) groups excluding carboxylic acids is 1. The van der Waals surface area contributed by atoms with Crippen molar-refractivity contribution in [3.63, 3.8) is 0 Å². The number of rotatable bonds is 9. The number of esters is 1. The maximum atomic E-state index is 10.7. The van der Waals surface area contributed by atoms with Gasteiger partial charge in [0.25, 0.3) is 0 Å². The lowest BCUT2D eigenvalue weighted by atomic mass is 10.4. The lowest BCUT2D eigenvalue weighted by Crippen LogP contribution is -2.36. The predicted molar refractivity (Wildman–Crippen MR) is 99.3 cm³/mol. The fourth-order valence-electron chi connectivity index (χ4n) is 1.01. The maximum absolute atomic E-state index is 10.7. The molecular formula is C16H37N2O8P. The molecule has 0 fully saturated rings. The van der Waals surface area contributed by atoms with Crippen LogP contribution in [0, 0.1) is 0 Å². The van der Waals surface area contributed by atoms with Crippen LogP contribution in [0.25, 0.3) is 0 Å². The molecule has 27 heavy (non-hydrogen) atoms. The van der Waals surface area contributed by atoms with E-state index in [0.29, 0.717) is 0 Å². The number of aliphatic hydroxyl groups excluding tert-OH is 2. The molecule has 0 heterocycles. The number of carbonyl (C=O) groups is 1. The Hall–Kier alpha value is -0.840. The van der Waals surface area contributed by atoms with Gasteiger partial charge in [0, 0.05) is 5.57 Å². The Morgan fingerprint density at radius 1 is 0.963 bits per heavy atom. The topological polar surface area (TPSA) is 139 Å². The van der Waals surface area contributed by atoms with Crippen LogP contribution in [0.5, 0.6) is 0 Å². The zero-order chi connectivity index (χ0) is 22.3. The van der Waals surface area contributed by atoms with E-state index >= 15 is 0 Å². The van der Waals surface area contributed by atoms with Crippen LogP contribution in [-0.4, -0.2) is 107 Å². The first-order chi connectivity index (χ1) is 11.9. The second-order valence-electron chi connectivity index (χ2n) is 7.67. The van der Waals surface area contributed by atoms with Crippen LogP contribution in [0.15, 0.2) is 12.2 Å². The van der Waals surface area contributed by atoms with Crippen molar-refractivity contribution in [1.82, 2.24) is 0 Å². The number of phosphoric acid groups is 1. The standard InChI is InChI=1S/C6H11O6P.2C5H14NO/c1-5(2)6(7)11-3-4-12-13(8,9)10;2*1-6(2,3)4-5-7/h1,3-4H2,2H3,(H2,8,9,10);2*7H,4-5H2,1-3H3/q;2*+1/p-2. The lowest BCUT2D eigenvalue weighted by Gasteiger charge is -2.28. The largest absolute Gasteiger partial charge is 0.790 e. The Bertz CT molecular complexity index is 436. The monoisotopic (exact) mass is 416 g/mol. The molecule has 0 spiro atoms. The highest BCUT2D eigenvalue weighted by Gasteiger charge is 2.03. The zero-order valence-corrected chi connectivity index (χ0v) is 18.5. The molecular weight excluding hydrogens is 379 g/mol. The summed E-state index contributed by atoms with van der Waals surface area (Å²) in [7, 11) is 7.35. The minimum atomic E-state index is -4.96. The molecule has 164 valence electrons. The normalized spacial score (nSPS) is 11.5. The molecule has 0 bridgehead atoms. The Morgan fingerprint density at radius 2 is 1.33 bits per heavy atom. The SMILES string of the molecule is C=C(C)C(=O)OCCOP(=O)([O-])[O-].C[N+](C)(C)CCO.C[N+](C)(C)CCO. The summed E-state index contributed by atoms with van der Waals surface area (Å²) < 4.78 is 19.8. The van der Waals surface area contributed by atoms with Crippen LogP contribution in [0.2, 0.25) is 0 Å². The van der Waals surface area contributed by atoms with Gasteiger partial charge in [-0.15, -0.1) is 0 Å². The Labute approximate surface area is 163 Å². The zero-order valence-electron chi connectivity index (χ0n) is 17.6. The van der Waals surface area contributed by atoms with Crippen molar-refractivity contribution in [3.8, 4) is 0 Å². The van der Waals surface area contributed by atoms with Crippen LogP contribution in [-0.2, 0) is 18.6 Å². The minimum absolute atomic E-state index is 0.187. The fourth-order valence-corrected chi connectivity index (χ4v) is 1.30. The fraction of sp³-hybridized carbons (Fsp3) is 0.812. The first-order valence-corrected chi connectivity index (χ1v) is 9.73. The molecule has 0 amide bonds. The maximum Gasteiger partial charge on any atom is 0.333 e. The molecule has 10 nitrogen and oxygen atoms in total. The van der Waals surface area contributed by atoms with Crippen LogP contribution in [0.4, 0.5) is 0 Å². The van der Waals surface area contributed by atoms with Crippen LogP contribution >= 0.6 is 7.82 Å². The third-order valence-electron chi connectivity index (χ3n) is 2.46. The van der Waals surface area contributed by atoms with Gasteiger partial charge >= 0.3 is 5.97 Å². The number of aliphatic hydroxyl groups is 2. The number of nitrogens with zero attached hydrogens (tertiary/aromatic N) is 2. The van der Waals surface area contributed by atoms with E-state index < -0.39 is 20.4 Å². The van der Waals surface area contributed by atoms with Gasteiger partial charge in [-0.3, -0.25) is 0 Å². The third kappa shape index (κ3) is 36.8. The molecule has 0 saturated heterocycles. The van der Waals surface area contributed by atoms with E-state index in [2.05, 4.69) is 58.1 Å². The number of likely N-dealkylation sites (N-methyl/N-ethyl adjacent to an activating group) is 2. The van der Waals surface area contributed by atoms with Crippen molar-refractivity contribution in [2.45, 2.75) is 6.92 Å². The molecule has 0 radical (unpaired) electrons. The number of phosphoric ester groups is 1. The summed E-state index contributed by atoms with van der Waals surface area (Å²) in [6, 6.07) is 0. The molecule has 0 saturated carbocycles. The number of hydrogen-bond donors (Lipinski definition) is 2. The molecule has 2 N–H and O–H groups in total. The smallest absolute Gasteiger partial charge is 0.333 e. The van der Waals surface area contributed by atoms with Gasteiger partial charge in [0.15, 0.2) is 0 Å². The lowest BCUT2D eigenvalue weighted by molar-refractivity contribution is -0.870. The van der Waals surface area contributed by atoms with Crippen LogP contribution < -0.4 is 9.79 Å². The van der Waals surface area contributed by atoms with Crippen molar-refractivity contribution < 1.29 is 47.6 Å². The molecule has 0 aliphatic heterocycles. The van der Waals surface area contributed by atoms with Crippen LogP contribution in [0.3, 0.4) is 0 Å². The second kappa shape index (κ2) is 15.1. The predicted octanol–water partition coefficient (Wildman–Crippen LogP) is -1.68. The average molecular weight is 416 g/mol. The van der Waals surface area contributed by atoms with Gasteiger partial charge in [0.1, 0.15) is 19.7 Å². The van der Waals surface area contributed by atoms with E-state index in [-0.39, 0.29) is 25.4 Å². The van der Waals surface area contributed by atoms with Gasteiger partial charge in [0.2, 0.25) is 0 Å². The summed E-state index contributed by atoms with van der Waals surface area (Å²) in [5, 5.41) is 16.8. The Kier molecular flexibility index (Phi) is 17.3. The third-order valence-corrected chi connectivity index (χ3v) is 2.95. The molecule has 0 aromatic carbocycles. The molecule has 0 aliphatic rings. The quantitative estimate of drug-likeness (QED) is 0.149. The molecule has 0 rings (SSSR count). The highest BCUT2D eigenvalue weighted by atomic mass is 31.2. The van der Waals surface area contributed by atoms with Crippen molar-refractivity contribution in [3.05, 3.63) is 12.2 Å². The summed E-state index contributed by atoms with van der Waals surface area (Å²) in [5.74, 6) is -0.657. The summed E-state index contributed by atoms with van der Waals surface area (Å²) >= 11 is 0. The summed E-state index contributed by atoms with van der Waals surface area (Å²) in [6.07, 6.45) is 0. The van der Waals surface area contributed by atoms with Crippen molar-refractivity contribution >= 4 is 13.8 Å². The number of ether oxygens (including phenoxy) is 1.